The number of nitrogens with zero attached hydrogens (tertiary/aromatic N) is 4. The van der Waals surface area contributed by atoms with Gasteiger partial charge in [0.15, 0.2) is 0 Å². The molecule has 0 saturated heterocycles. The molecule has 9 aromatic rings. The number of aromatic nitrogens is 4. The van der Waals surface area contributed by atoms with Crippen molar-refractivity contribution in [3.8, 4) is 45.0 Å². The average molecular weight is 699 g/mol. The summed E-state index contributed by atoms with van der Waals surface area (Å²) < 4.78 is 0. The first kappa shape index (κ1) is 33.6. The molecule has 0 bridgehead atoms. The van der Waals surface area contributed by atoms with Crippen LogP contribution in [0.25, 0.3) is 88.6 Å². The van der Waals surface area contributed by atoms with Crippen molar-refractivity contribution in [3.05, 3.63) is 154 Å². The fourth-order valence-electron chi connectivity index (χ4n) is 8.25. The Labute approximate surface area is 316 Å². The second-order valence-electron chi connectivity index (χ2n) is 14.9. The molecule has 4 heterocycles. The van der Waals surface area contributed by atoms with E-state index in [-0.39, 0.29) is 0 Å². The van der Waals surface area contributed by atoms with E-state index < -0.39 is 0 Å². The lowest BCUT2D eigenvalue weighted by Crippen LogP contribution is -2.01. The predicted molar refractivity (Wildman–Crippen MR) is 227 cm³/mol. The Kier molecular flexibility index (Phi) is 7.90. The summed E-state index contributed by atoms with van der Waals surface area (Å²) in [7, 11) is 0. The zero-order valence-electron chi connectivity index (χ0n) is 32.2. The summed E-state index contributed by atoms with van der Waals surface area (Å²) >= 11 is 0. The highest BCUT2D eigenvalue weighted by Gasteiger charge is 2.20. The smallest absolute Gasteiger partial charge is 0.0975 e. The molecular weight excluding hydrogens is 657 g/mol. The first-order valence-corrected chi connectivity index (χ1v) is 18.8. The molecule has 0 N–H and O–H groups in total. The normalized spacial score (nSPS) is 11.7. The molecule has 4 aromatic heterocycles. The SMILES string of the molecule is Cc1c(-c2ccccc2)nc2c(ccc3c(C)c(C)c(-c4cccc(-c5nc6c(ccc7c(C)c(C)c(-c8ccccc8)nc76)c(C)c5C)c4)nc32)c1C. The number of hydrogen-bond donors (Lipinski definition) is 0. The van der Waals surface area contributed by atoms with Gasteiger partial charge in [-0.15, -0.1) is 0 Å². The van der Waals surface area contributed by atoms with Crippen LogP contribution < -0.4 is 0 Å². The van der Waals surface area contributed by atoms with Gasteiger partial charge in [-0.1, -0.05) is 103 Å². The van der Waals surface area contributed by atoms with E-state index in [0.29, 0.717) is 0 Å². The second kappa shape index (κ2) is 12.7. The zero-order chi connectivity index (χ0) is 37.4. The van der Waals surface area contributed by atoms with Crippen molar-refractivity contribution in [1.29, 1.82) is 0 Å². The summed E-state index contributed by atoms with van der Waals surface area (Å²) in [6.07, 6.45) is 0. The van der Waals surface area contributed by atoms with Crippen LogP contribution in [0.4, 0.5) is 0 Å². The van der Waals surface area contributed by atoms with Gasteiger partial charge in [0.1, 0.15) is 0 Å². The summed E-state index contributed by atoms with van der Waals surface area (Å²) in [4.78, 5) is 21.6. The molecule has 54 heavy (non-hydrogen) atoms. The molecular formula is C50H42N4. The molecule has 0 aliphatic heterocycles. The molecule has 262 valence electrons. The van der Waals surface area contributed by atoms with E-state index in [1.165, 1.54) is 44.5 Å². The van der Waals surface area contributed by atoms with Gasteiger partial charge in [0.05, 0.1) is 44.8 Å². The molecule has 0 aliphatic carbocycles. The third-order valence-electron chi connectivity index (χ3n) is 12.0. The van der Waals surface area contributed by atoms with Crippen LogP contribution in [0.3, 0.4) is 0 Å². The van der Waals surface area contributed by atoms with Crippen molar-refractivity contribution < 1.29 is 0 Å². The Morgan fingerprint density at radius 2 is 0.519 bits per heavy atom. The molecule has 0 saturated carbocycles. The molecule has 0 atom stereocenters. The lowest BCUT2D eigenvalue weighted by atomic mass is 9.93. The van der Waals surface area contributed by atoms with Crippen molar-refractivity contribution in [1.82, 2.24) is 19.9 Å². The highest BCUT2D eigenvalue weighted by Crippen LogP contribution is 2.39. The molecule has 0 aliphatic rings. The van der Waals surface area contributed by atoms with Crippen LogP contribution in [0.2, 0.25) is 0 Å². The standard InChI is InChI=1S/C50H42N4/c1-27-31(5)43(35-16-11-9-12-17-35)51-47-39(27)22-24-41-29(3)33(7)45(53-49(41)47)37-20-15-21-38(26-37)46-34(8)30(4)42-25-23-40-28(2)32(6)44(36-18-13-10-14-19-36)52-48(40)50(42)54-46/h9-26H,1-8H3. The fraction of sp³-hybridized carbons (Fsp3) is 0.160. The molecule has 4 nitrogen and oxygen atoms in total. The third kappa shape index (κ3) is 5.12. The highest BCUT2D eigenvalue weighted by atomic mass is 14.8. The minimum absolute atomic E-state index is 0.935. The van der Waals surface area contributed by atoms with Crippen LogP contribution in [0.1, 0.15) is 44.5 Å². The Morgan fingerprint density at radius 1 is 0.259 bits per heavy atom. The first-order chi connectivity index (χ1) is 26.1. The largest absolute Gasteiger partial charge is 0.245 e. The van der Waals surface area contributed by atoms with Crippen LogP contribution in [-0.4, -0.2) is 19.9 Å². The number of benzene rings is 5. The highest BCUT2D eigenvalue weighted by molar-refractivity contribution is 6.09. The molecule has 0 fully saturated rings. The molecule has 9 rings (SSSR count). The quantitative estimate of drug-likeness (QED) is 0.172. The van der Waals surface area contributed by atoms with Gasteiger partial charge in [-0.25, -0.2) is 19.9 Å². The topological polar surface area (TPSA) is 51.6 Å². The maximum atomic E-state index is 5.47. The van der Waals surface area contributed by atoms with Crippen LogP contribution in [-0.2, 0) is 0 Å². The monoisotopic (exact) mass is 698 g/mol. The second-order valence-corrected chi connectivity index (χ2v) is 14.9. The van der Waals surface area contributed by atoms with Gasteiger partial charge in [0.25, 0.3) is 0 Å². The molecule has 0 spiro atoms. The molecule has 0 radical (unpaired) electrons. The molecule has 0 amide bonds. The first-order valence-electron chi connectivity index (χ1n) is 18.8. The van der Waals surface area contributed by atoms with Gasteiger partial charge in [0.2, 0.25) is 0 Å². The van der Waals surface area contributed by atoms with Gasteiger partial charge in [0, 0.05) is 43.8 Å². The van der Waals surface area contributed by atoms with E-state index in [4.69, 9.17) is 19.9 Å². The van der Waals surface area contributed by atoms with Crippen molar-refractivity contribution in [2.24, 2.45) is 0 Å². The zero-order valence-corrected chi connectivity index (χ0v) is 32.2. The van der Waals surface area contributed by atoms with Crippen LogP contribution >= 0.6 is 0 Å². The van der Waals surface area contributed by atoms with Gasteiger partial charge in [-0.2, -0.15) is 0 Å². The Morgan fingerprint density at radius 3 is 0.815 bits per heavy atom. The van der Waals surface area contributed by atoms with E-state index in [0.717, 1.165) is 88.6 Å². The maximum Gasteiger partial charge on any atom is 0.0975 e. The van der Waals surface area contributed by atoms with Crippen LogP contribution in [0.5, 0.6) is 0 Å². The summed E-state index contributed by atoms with van der Waals surface area (Å²) in [5.74, 6) is 0. The van der Waals surface area contributed by atoms with Crippen molar-refractivity contribution in [3.63, 3.8) is 0 Å². The van der Waals surface area contributed by atoms with E-state index in [9.17, 15) is 0 Å². The number of fused-ring (bicyclic) bond motifs is 6. The van der Waals surface area contributed by atoms with Gasteiger partial charge in [-0.3, -0.25) is 0 Å². The van der Waals surface area contributed by atoms with Crippen molar-refractivity contribution >= 4 is 43.6 Å². The Balaban J connectivity index is 1.25. The van der Waals surface area contributed by atoms with Crippen LogP contribution in [0.15, 0.2) is 109 Å². The minimum Gasteiger partial charge on any atom is -0.245 e. The van der Waals surface area contributed by atoms with Gasteiger partial charge >= 0.3 is 0 Å². The molecule has 5 aromatic carbocycles. The molecule has 4 heteroatoms. The lowest BCUT2D eigenvalue weighted by Gasteiger charge is -2.18. The Bertz CT molecular complexity index is 2800. The summed E-state index contributed by atoms with van der Waals surface area (Å²) in [5.41, 5.74) is 21.7. The summed E-state index contributed by atoms with van der Waals surface area (Å²) in [5, 5.41) is 4.56. The van der Waals surface area contributed by atoms with Gasteiger partial charge < -0.3 is 0 Å². The predicted octanol–water partition coefficient (Wildman–Crippen LogP) is 13.0. The third-order valence-corrected chi connectivity index (χ3v) is 12.0. The van der Waals surface area contributed by atoms with E-state index in [2.05, 4.69) is 165 Å². The Hall–Kier alpha value is -6.26. The van der Waals surface area contributed by atoms with E-state index in [1.807, 2.05) is 0 Å². The number of pyridine rings is 4. The van der Waals surface area contributed by atoms with E-state index in [1.54, 1.807) is 0 Å². The fourth-order valence-corrected chi connectivity index (χ4v) is 8.25. The molecule has 0 unspecified atom stereocenters. The maximum absolute atomic E-state index is 5.47. The number of hydrogen-bond acceptors (Lipinski definition) is 4. The van der Waals surface area contributed by atoms with Crippen molar-refractivity contribution in [2.75, 3.05) is 0 Å². The summed E-state index contributed by atoms with van der Waals surface area (Å²) in [6.45, 7) is 17.5. The minimum atomic E-state index is 0.935. The van der Waals surface area contributed by atoms with Gasteiger partial charge in [-0.05, 0) is 106 Å². The summed E-state index contributed by atoms with van der Waals surface area (Å²) in [6, 6.07) is 38.6. The van der Waals surface area contributed by atoms with Crippen molar-refractivity contribution in [2.45, 2.75) is 55.4 Å². The number of rotatable bonds is 4. The number of aryl methyl sites for hydroxylation is 4. The lowest BCUT2D eigenvalue weighted by molar-refractivity contribution is 1.25. The van der Waals surface area contributed by atoms with E-state index >= 15 is 0 Å². The van der Waals surface area contributed by atoms with Crippen LogP contribution in [0, 0.1) is 55.4 Å². The average Bonchev–Trinajstić information content (AvgIpc) is 3.20.